The van der Waals surface area contributed by atoms with Crippen LogP contribution in [-0.2, 0) is 0 Å². The first-order valence-corrected chi connectivity index (χ1v) is 51.8. The van der Waals surface area contributed by atoms with Gasteiger partial charge in [0.1, 0.15) is 0 Å². The summed E-state index contributed by atoms with van der Waals surface area (Å²) in [5.41, 5.74) is 68.9. The van der Waals surface area contributed by atoms with Gasteiger partial charge in [-0.15, -0.1) is 0 Å². The van der Waals surface area contributed by atoms with Crippen molar-refractivity contribution in [3.63, 3.8) is 0 Å². The van der Waals surface area contributed by atoms with Crippen molar-refractivity contribution in [1.29, 1.82) is 16.2 Å². The van der Waals surface area contributed by atoms with E-state index in [2.05, 4.69) is 253 Å². The third kappa shape index (κ3) is 98.1. The molecule has 8 aliphatic rings. The van der Waals surface area contributed by atoms with Gasteiger partial charge in [-0.1, -0.05) is 263 Å². The second-order valence-corrected chi connectivity index (χ2v) is 55.1. The largest absolute Gasteiger partial charge is 0.393 e. The van der Waals surface area contributed by atoms with Gasteiger partial charge in [0.05, 0.1) is 35.8 Å². The van der Waals surface area contributed by atoms with Crippen molar-refractivity contribution in [3.05, 3.63) is 0 Å². The first kappa shape index (κ1) is 139. The highest BCUT2D eigenvalue weighted by Gasteiger charge is 2.51. The van der Waals surface area contributed by atoms with E-state index in [4.69, 9.17) is 85.0 Å². The fourth-order valence-corrected chi connectivity index (χ4v) is 15.2. The number of hydrogen-bond donors (Lipinski definition) is 22. The first-order chi connectivity index (χ1) is 59.1. The SMILES string of the molecule is CC(C)(C)C1(CN=C(N)N)CC1.CC(C)(C)C1CCNCC1.CC(C)(C)CC(O)CCC(=N)N.CC(C)(C)CC1(N)CC1.CC(C)(C)CC1CC(N)C1.CC(C)(C)CC1CNC1.CC(C)(C)CCC1CNC1.CC(C)(C)CCCN.CC(C)(C)CN=C(N)N.CC(C)(C)[C@@H](O)CCC(=N)N.CC(C)(C)[C@H](O)CCC(=N)N.CC1CC(N)C1.CNCCC(C)(C)C.C[C@@H]1CC[C@H](N)C1. The smallest absolute Gasteiger partial charge is 0.185 e. The standard InChI is InChI=1S/C9H19N3.C9H20N2O.3C9H19N.2C8H18N2O.2C8H17N.2C7H17N.C6H15N3.C6H13N.C5H11N/c1-8(2,3)9(4-5-9)6-12-7(10)11;1-9(2,3)6-7(12)4-5-8(10)11;1-9(2,3)6-7-4-8(10)5-7;1-9(2,3)8-4-6-10-7-5-8;1-9(2,3)5-4-8-6-10-7-8;2*1-8(2,3)6(11)4-5-7(9)10;1-8(2,3)4-7-5-9-6-7;1-7(2,3)6-8(9)4-5-8;1-7(2,3)5-6-8-4;1-7(2,3)5-4-6-8;1-6(2,3)4-9-5(7)8;1-5-2-3-6(7)4-5;1-4-2-5(6)3-4/h4-6H2,1-3H3,(H4,10,11,12);7,12H,4-6H2,1-3H3,(H3,10,11);7-8H,4-6,10H2,1-3H3;2*8,10H,4-7H2,1-3H3;2*6,11H,4-5H2,1-3H3,(H3,9,10);7,9H,4-6H2,1-3H3;4-6,9H2,1-3H3;8H,5-6H2,1-4H3;4-6,8H2,1-3H3;4H2,1-3H3,(H4,7,8,9);5-6H,2-4,7H2,1H3;4-5H,2-3,6H2,1H3/t;;;;;2*6-;;;;;;5-,6+;/m.....10.....1./s1. The summed E-state index contributed by atoms with van der Waals surface area (Å²) in [5.74, 6) is 6.46. The number of hydrogen-bond acceptors (Lipinski definition) is 17. The summed E-state index contributed by atoms with van der Waals surface area (Å²) >= 11 is 0. The fourth-order valence-electron chi connectivity index (χ4n) is 15.2. The van der Waals surface area contributed by atoms with E-state index in [1.165, 1.54) is 168 Å². The summed E-state index contributed by atoms with van der Waals surface area (Å²) in [6.45, 7) is 94.6. The maximum atomic E-state index is 9.48. The molecule has 794 valence electrons. The van der Waals surface area contributed by atoms with Gasteiger partial charge >= 0.3 is 0 Å². The van der Waals surface area contributed by atoms with Crippen LogP contribution in [0.25, 0.3) is 0 Å². The second-order valence-electron chi connectivity index (χ2n) is 55.1. The fraction of sp³-hybridized carbons (Fsp3) is 0.954. The lowest BCUT2D eigenvalue weighted by atomic mass is 9.72. The van der Waals surface area contributed by atoms with Gasteiger partial charge in [-0.25, -0.2) is 0 Å². The Labute approximate surface area is 819 Å². The van der Waals surface area contributed by atoms with E-state index >= 15 is 0 Å². The highest BCUT2D eigenvalue weighted by Crippen LogP contribution is 2.58. The summed E-state index contributed by atoms with van der Waals surface area (Å²) in [6.07, 6.45) is 29.9. The Hall–Kier alpha value is -3.53. The monoisotopic (exact) mass is 1880 g/mol. The number of rotatable bonds is 22. The normalized spacial score (nSPS) is 21.0. The highest BCUT2D eigenvalue weighted by atomic mass is 16.3. The van der Waals surface area contributed by atoms with Crippen molar-refractivity contribution in [2.45, 2.75) is 485 Å². The van der Waals surface area contributed by atoms with Crippen molar-refractivity contribution in [2.24, 2.45) is 185 Å². The molecule has 0 aromatic carbocycles. The summed E-state index contributed by atoms with van der Waals surface area (Å²) in [7, 11) is 1.99. The van der Waals surface area contributed by atoms with Gasteiger partial charge in [-0.3, -0.25) is 26.2 Å². The molecule has 5 atom stereocenters. The van der Waals surface area contributed by atoms with E-state index in [0.717, 1.165) is 68.0 Å². The molecule has 0 aromatic rings. The van der Waals surface area contributed by atoms with Crippen LogP contribution in [0, 0.1) is 122 Å². The lowest BCUT2D eigenvalue weighted by Gasteiger charge is -2.36. The predicted molar refractivity (Wildman–Crippen MR) is 585 cm³/mol. The zero-order valence-corrected chi connectivity index (χ0v) is 95.0. The minimum atomic E-state index is -0.369. The van der Waals surface area contributed by atoms with Crippen molar-refractivity contribution in [2.75, 3.05) is 72.5 Å². The van der Waals surface area contributed by atoms with E-state index in [1.807, 2.05) is 48.6 Å². The third-order valence-corrected chi connectivity index (χ3v) is 24.6. The molecule has 5 aliphatic carbocycles. The molecule has 24 heteroatoms. The molecule has 0 spiro atoms. The van der Waals surface area contributed by atoms with Crippen LogP contribution in [0.15, 0.2) is 9.98 Å². The summed E-state index contributed by atoms with van der Waals surface area (Å²) in [6, 6.07) is 1.59. The van der Waals surface area contributed by atoms with Crippen LogP contribution in [0.3, 0.4) is 0 Å². The Morgan fingerprint density at radius 3 is 1.01 bits per heavy atom. The summed E-state index contributed by atoms with van der Waals surface area (Å²) in [4.78, 5) is 7.97. The molecule has 0 amide bonds. The molecule has 34 N–H and O–H groups in total. The number of nitrogens with zero attached hydrogens (tertiary/aromatic N) is 2. The molecular weight excluding hydrogens is 1640 g/mol. The number of nitrogens with two attached hydrogens (primary N) is 12. The molecule has 3 aliphatic heterocycles. The Morgan fingerprint density at radius 1 is 0.432 bits per heavy atom. The maximum Gasteiger partial charge on any atom is 0.185 e. The first-order valence-electron chi connectivity index (χ1n) is 51.8. The van der Waals surface area contributed by atoms with Crippen LogP contribution in [0.5, 0.6) is 0 Å². The molecule has 3 heterocycles. The molecule has 0 bridgehead atoms. The second kappa shape index (κ2) is 66.2. The Kier molecular flexibility index (Phi) is 69.8. The van der Waals surface area contributed by atoms with Crippen molar-refractivity contribution < 1.29 is 15.3 Å². The van der Waals surface area contributed by atoms with Crippen LogP contribution in [0.2, 0.25) is 0 Å². The van der Waals surface area contributed by atoms with Gasteiger partial charge in [0.15, 0.2) is 11.9 Å². The van der Waals surface area contributed by atoms with Gasteiger partial charge in [-0.05, 0) is 326 Å². The zero-order valence-electron chi connectivity index (χ0n) is 95.0. The average molecular weight is 1880 g/mol. The molecule has 8 rings (SSSR count). The quantitative estimate of drug-likeness (QED) is 0.0353. The molecule has 0 radical (unpaired) electrons. The molecule has 132 heavy (non-hydrogen) atoms. The Bertz CT molecular complexity index is 2830. The van der Waals surface area contributed by atoms with Crippen LogP contribution >= 0.6 is 0 Å². The third-order valence-electron chi connectivity index (χ3n) is 24.6. The van der Waals surface area contributed by atoms with Gasteiger partial charge in [-0.2, -0.15) is 0 Å². The molecule has 3 saturated heterocycles. The summed E-state index contributed by atoms with van der Waals surface area (Å²) in [5, 5.41) is 62.4. The van der Waals surface area contributed by atoms with E-state index in [-0.39, 0.29) is 74.9 Å². The average Bonchev–Trinajstić information content (AvgIpc) is 1.61. The van der Waals surface area contributed by atoms with Gasteiger partial charge in [0.2, 0.25) is 0 Å². The maximum absolute atomic E-state index is 9.48. The van der Waals surface area contributed by atoms with E-state index < -0.39 is 0 Å². The summed E-state index contributed by atoms with van der Waals surface area (Å²) < 4.78 is 0. The van der Waals surface area contributed by atoms with Crippen LogP contribution < -0.4 is 90.1 Å². The number of aliphatic hydroxyl groups excluding tert-OH is 3. The van der Waals surface area contributed by atoms with Crippen LogP contribution in [-0.4, -0.2) is 159 Å². The van der Waals surface area contributed by atoms with Crippen LogP contribution in [0.4, 0.5) is 0 Å². The molecule has 5 saturated carbocycles. The molecule has 0 aromatic heterocycles. The molecule has 24 nitrogen and oxygen atoms in total. The number of amidine groups is 3. The topological polar surface area (TPSA) is 517 Å². The minimum Gasteiger partial charge on any atom is -0.393 e. The molecular formula is C108H239N21O3. The lowest BCUT2D eigenvalue weighted by Crippen LogP contribution is -2.43. The lowest BCUT2D eigenvalue weighted by molar-refractivity contribution is 0.0574. The number of aliphatic imine (C=N–C) groups is 2. The van der Waals surface area contributed by atoms with E-state index in [0.29, 0.717) is 112 Å². The number of guanidine groups is 2. The number of aliphatic hydroxyl groups is 3. The zero-order chi connectivity index (χ0) is 105. The van der Waals surface area contributed by atoms with E-state index in [9.17, 15) is 15.3 Å². The van der Waals surface area contributed by atoms with E-state index in [1.54, 1.807) is 0 Å². The van der Waals surface area contributed by atoms with Gasteiger partial charge in [0.25, 0.3) is 0 Å². The molecule has 8 fully saturated rings. The van der Waals surface area contributed by atoms with Gasteiger partial charge < -0.3 is 105 Å². The predicted octanol–water partition coefficient (Wildman–Crippen LogP) is 20.2. The van der Waals surface area contributed by atoms with Crippen molar-refractivity contribution in [3.8, 4) is 0 Å². The van der Waals surface area contributed by atoms with Gasteiger partial charge in [0, 0.05) is 56.0 Å². The molecule has 1 unspecified atom stereocenters. The minimum absolute atomic E-state index is 0.102. The van der Waals surface area contributed by atoms with Crippen molar-refractivity contribution >= 4 is 29.4 Å². The van der Waals surface area contributed by atoms with Crippen molar-refractivity contribution in [1.82, 2.24) is 21.3 Å². The number of nitrogens with one attached hydrogen (secondary N) is 7. The Balaban J connectivity index is -0.000000325. The Morgan fingerprint density at radius 2 is 0.818 bits per heavy atom. The van der Waals surface area contributed by atoms with Crippen LogP contribution in [0.1, 0.15) is 443 Å². The number of piperidine rings is 1. The highest BCUT2D eigenvalue weighted by molar-refractivity contribution is 5.77.